The largest absolute Gasteiger partial charge is 0.493 e. The van der Waals surface area contributed by atoms with Crippen molar-refractivity contribution >= 4 is 9.84 Å². The van der Waals surface area contributed by atoms with Gasteiger partial charge in [0.05, 0.1) is 20.0 Å². The molecule has 0 saturated carbocycles. The van der Waals surface area contributed by atoms with Crippen LogP contribution in [0.5, 0.6) is 11.5 Å². The fourth-order valence-electron chi connectivity index (χ4n) is 1.60. The van der Waals surface area contributed by atoms with E-state index in [1.807, 2.05) is 18.2 Å². The molecule has 19 heavy (non-hydrogen) atoms. The third-order valence-corrected chi connectivity index (χ3v) is 4.51. The molecule has 0 radical (unpaired) electrons. The molecule has 1 N–H and O–H groups in total. The Bertz CT molecular complexity index is 499. The molecule has 0 saturated heterocycles. The highest BCUT2D eigenvalue weighted by molar-refractivity contribution is 7.91. The highest BCUT2D eigenvalue weighted by Crippen LogP contribution is 2.27. The van der Waals surface area contributed by atoms with E-state index in [2.05, 4.69) is 5.32 Å². The SMILES string of the molecule is CCS(=O)(=O)CCNCc1ccc(OC)c(OC)c1. The number of sulfone groups is 1. The van der Waals surface area contributed by atoms with Crippen LogP contribution in [0, 0.1) is 0 Å². The molecule has 0 spiro atoms. The molecule has 0 heterocycles. The molecule has 0 aromatic heterocycles. The minimum absolute atomic E-state index is 0.163. The molecule has 108 valence electrons. The maximum absolute atomic E-state index is 11.3. The van der Waals surface area contributed by atoms with E-state index in [0.717, 1.165) is 5.56 Å². The maximum Gasteiger partial charge on any atom is 0.161 e. The Balaban J connectivity index is 2.50. The first-order valence-electron chi connectivity index (χ1n) is 6.14. The molecule has 5 nitrogen and oxygen atoms in total. The lowest BCUT2D eigenvalue weighted by molar-refractivity contribution is 0.354. The van der Waals surface area contributed by atoms with Crippen molar-refractivity contribution in [3.05, 3.63) is 23.8 Å². The molecule has 0 aliphatic carbocycles. The van der Waals surface area contributed by atoms with Gasteiger partial charge in [-0.05, 0) is 17.7 Å². The second-order valence-corrected chi connectivity index (χ2v) is 6.58. The zero-order valence-electron chi connectivity index (χ0n) is 11.6. The Morgan fingerprint density at radius 2 is 1.84 bits per heavy atom. The predicted octanol–water partition coefficient (Wildman–Crippen LogP) is 1.23. The summed E-state index contributed by atoms with van der Waals surface area (Å²) < 4.78 is 33.0. The van der Waals surface area contributed by atoms with Crippen molar-refractivity contribution in [2.45, 2.75) is 13.5 Å². The summed E-state index contributed by atoms with van der Waals surface area (Å²) in [5, 5.41) is 3.11. The minimum Gasteiger partial charge on any atom is -0.493 e. The van der Waals surface area contributed by atoms with E-state index in [9.17, 15) is 8.42 Å². The summed E-state index contributed by atoms with van der Waals surface area (Å²) in [6.45, 7) is 2.70. The van der Waals surface area contributed by atoms with Gasteiger partial charge in [-0.2, -0.15) is 0 Å². The Hall–Kier alpha value is -1.27. The normalized spacial score (nSPS) is 11.3. The lowest BCUT2D eigenvalue weighted by Crippen LogP contribution is -2.23. The van der Waals surface area contributed by atoms with Crippen molar-refractivity contribution < 1.29 is 17.9 Å². The summed E-state index contributed by atoms with van der Waals surface area (Å²) in [5.41, 5.74) is 1.02. The van der Waals surface area contributed by atoms with Crippen LogP contribution in [-0.2, 0) is 16.4 Å². The van der Waals surface area contributed by atoms with Crippen LogP contribution in [0.3, 0.4) is 0 Å². The van der Waals surface area contributed by atoms with Crippen LogP contribution >= 0.6 is 0 Å². The summed E-state index contributed by atoms with van der Waals surface area (Å²) in [6, 6.07) is 5.63. The topological polar surface area (TPSA) is 64.6 Å². The van der Waals surface area contributed by atoms with Crippen LogP contribution < -0.4 is 14.8 Å². The van der Waals surface area contributed by atoms with Crippen LogP contribution in [0.4, 0.5) is 0 Å². The third-order valence-electron chi connectivity index (χ3n) is 2.81. The van der Waals surface area contributed by atoms with Gasteiger partial charge in [0.1, 0.15) is 0 Å². The van der Waals surface area contributed by atoms with Gasteiger partial charge in [0.25, 0.3) is 0 Å². The highest BCUT2D eigenvalue weighted by Gasteiger charge is 2.07. The Morgan fingerprint density at radius 3 is 2.42 bits per heavy atom. The number of hydrogen-bond acceptors (Lipinski definition) is 5. The smallest absolute Gasteiger partial charge is 0.161 e. The van der Waals surface area contributed by atoms with Crippen LogP contribution in [-0.4, -0.2) is 40.7 Å². The molecule has 0 fully saturated rings. The molecule has 0 aliphatic heterocycles. The number of rotatable bonds is 8. The first-order valence-corrected chi connectivity index (χ1v) is 7.96. The lowest BCUT2D eigenvalue weighted by atomic mass is 10.2. The van der Waals surface area contributed by atoms with Gasteiger partial charge in [0.15, 0.2) is 21.3 Å². The zero-order chi connectivity index (χ0) is 14.3. The summed E-state index contributed by atoms with van der Waals surface area (Å²) >= 11 is 0. The zero-order valence-corrected chi connectivity index (χ0v) is 12.4. The quantitative estimate of drug-likeness (QED) is 0.729. The van der Waals surface area contributed by atoms with Crippen LogP contribution in [0.1, 0.15) is 12.5 Å². The summed E-state index contributed by atoms with van der Waals surface area (Å²) in [6.07, 6.45) is 0. The molecule has 0 unspecified atom stereocenters. The monoisotopic (exact) mass is 287 g/mol. The van der Waals surface area contributed by atoms with Gasteiger partial charge in [-0.1, -0.05) is 13.0 Å². The van der Waals surface area contributed by atoms with E-state index < -0.39 is 9.84 Å². The molecular weight excluding hydrogens is 266 g/mol. The number of methoxy groups -OCH3 is 2. The van der Waals surface area contributed by atoms with Gasteiger partial charge in [0.2, 0.25) is 0 Å². The average molecular weight is 287 g/mol. The number of nitrogens with one attached hydrogen (secondary N) is 1. The van der Waals surface area contributed by atoms with Gasteiger partial charge in [-0.3, -0.25) is 0 Å². The standard InChI is InChI=1S/C13H21NO4S/c1-4-19(15,16)8-7-14-10-11-5-6-12(17-2)13(9-11)18-3/h5-6,9,14H,4,7-8,10H2,1-3H3. The van der Waals surface area contributed by atoms with Gasteiger partial charge in [-0.25, -0.2) is 8.42 Å². The van der Waals surface area contributed by atoms with Gasteiger partial charge < -0.3 is 14.8 Å². The van der Waals surface area contributed by atoms with E-state index in [1.165, 1.54) is 0 Å². The Morgan fingerprint density at radius 1 is 1.16 bits per heavy atom. The Kier molecular flexibility index (Phi) is 6.11. The van der Waals surface area contributed by atoms with Crippen LogP contribution in [0.15, 0.2) is 18.2 Å². The first-order chi connectivity index (χ1) is 9.02. The highest BCUT2D eigenvalue weighted by atomic mass is 32.2. The van der Waals surface area contributed by atoms with Gasteiger partial charge in [0, 0.05) is 18.8 Å². The fraction of sp³-hybridized carbons (Fsp3) is 0.538. The third kappa shape index (κ3) is 5.08. The maximum atomic E-state index is 11.3. The molecular formula is C13H21NO4S. The molecule has 1 aromatic rings. The fourth-order valence-corrected chi connectivity index (χ4v) is 2.34. The minimum atomic E-state index is -2.90. The van der Waals surface area contributed by atoms with E-state index in [-0.39, 0.29) is 11.5 Å². The molecule has 1 rings (SSSR count). The number of ether oxygens (including phenoxy) is 2. The summed E-state index contributed by atoms with van der Waals surface area (Å²) in [7, 11) is 0.270. The van der Waals surface area contributed by atoms with Gasteiger partial charge >= 0.3 is 0 Å². The second-order valence-electron chi connectivity index (χ2n) is 4.10. The van der Waals surface area contributed by atoms with Crippen molar-refractivity contribution in [1.29, 1.82) is 0 Å². The van der Waals surface area contributed by atoms with Crippen LogP contribution in [0.2, 0.25) is 0 Å². The number of benzene rings is 1. The molecule has 1 aromatic carbocycles. The molecule has 6 heteroatoms. The van der Waals surface area contributed by atoms with E-state index in [4.69, 9.17) is 9.47 Å². The van der Waals surface area contributed by atoms with Crippen molar-refractivity contribution in [3.8, 4) is 11.5 Å². The lowest BCUT2D eigenvalue weighted by Gasteiger charge is -2.10. The van der Waals surface area contributed by atoms with Crippen molar-refractivity contribution in [1.82, 2.24) is 5.32 Å². The molecule has 0 atom stereocenters. The summed E-state index contributed by atoms with van der Waals surface area (Å²) in [5.74, 6) is 1.70. The van der Waals surface area contributed by atoms with E-state index in [0.29, 0.717) is 24.6 Å². The molecule has 0 bridgehead atoms. The average Bonchev–Trinajstić information content (AvgIpc) is 2.43. The predicted molar refractivity (Wildman–Crippen MR) is 75.6 cm³/mol. The van der Waals surface area contributed by atoms with Crippen LogP contribution in [0.25, 0.3) is 0 Å². The van der Waals surface area contributed by atoms with Crippen molar-refractivity contribution in [2.24, 2.45) is 0 Å². The van der Waals surface area contributed by atoms with E-state index in [1.54, 1.807) is 21.1 Å². The molecule has 0 amide bonds. The van der Waals surface area contributed by atoms with Gasteiger partial charge in [-0.15, -0.1) is 0 Å². The first kappa shape index (κ1) is 15.8. The number of hydrogen-bond donors (Lipinski definition) is 1. The second kappa shape index (κ2) is 7.35. The van der Waals surface area contributed by atoms with Crippen molar-refractivity contribution in [3.63, 3.8) is 0 Å². The molecule has 0 aliphatic rings. The Labute approximate surface area is 114 Å². The summed E-state index contributed by atoms with van der Waals surface area (Å²) in [4.78, 5) is 0. The van der Waals surface area contributed by atoms with Crippen molar-refractivity contribution in [2.75, 3.05) is 32.3 Å². The van der Waals surface area contributed by atoms with E-state index >= 15 is 0 Å².